The van der Waals surface area contributed by atoms with Gasteiger partial charge in [-0.2, -0.15) is 5.10 Å². The van der Waals surface area contributed by atoms with Crippen molar-refractivity contribution in [2.45, 2.75) is 39.7 Å². The summed E-state index contributed by atoms with van der Waals surface area (Å²) in [7, 11) is 1.70. The van der Waals surface area contributed by atoms with Gasteiger partial charge in [-0.3, -0.25) is 0 Å². The van der Waals surface area contributed by atoms with Crippen LogP contribution in [0.2, 0.25) is 0 Å². The molecule has 0 spiro atoms. The van der Waals surface area contributed by atoms with Gasteiger partial charge in [-0.15, -0.1) is 0 Å². The smallest absolute Gasteiger partial charge is 0.215 e. The molecule has 0 atom stereocenters. The van der Waals surface area contributed by atoms with Crippen LogP contribution in [0.5, 0.6) is 5.88 Å². The predicted octanol–water partition coefficient (Wildman–Crippen LogP) is 1.37. The van der Waals surface area contributed by atoms with Crippen molar-refractivity contribution in [2.24, 2.45) is 5.73 Å². The Kier molecular flexibility index (Phi) is 4.62. The third-order valence-corrected chi connectivity index (χ3v) is 2.54. The van der Waals surface area contributed by atoms with Crippen molar-refractivity contribution < 1.29 is 4.74 Å². The van der Waals surface area contributed by atoms with Gasteiger partial charge in [-0.1, -0.05) is 6.92 Å². The molecular formula is C11H21N3O. The van der Waals surface area contributed by atoms with Crippen LogP contribution in [0.3, 0.4) is 0 Å². The number of aromatic nitrogens is 2. The van der Waals surface area contributed by atoms with Crippen LogP contribution in [0, 0.1) is 0 Å². The van der Waals surface area contributed by atoms with Crippen LogP contribution in [-0.2, 0) is 19.4 Å². The maximum absolute atomic E-state index is 5.53. The second-order valence-electron chi connectivity index (χ2n) is 3.50. The number of nitrogens with zero attached hydrogens (tertiary/aromatic N) is 2. The average molecular weight is 211 g/mol. The molecule has 0 aliphatic heterocycles. The van der Waals surface area contributed by atoms with Crippen molar-refractivity contribution >= 4 is 0 Å². The lowest BCUT2D eigenvalue weighted by atomic mass is 10.1. The van der Waals surface area contributed by atoms with Gasteiger partial charge in [-0.05, 0) is 32.7 Å². The van der Waals surface area contributed by atoms with Crippen molar-refractivity contribution in [2.75, 3.05) is 13.7 Å². The van der Waals surface area contributed by atoms with Crippen molar-refractivity contribution in [3.63, 3.8) is 0 Å². The Morgan fingerprint density at radius 1 is 1.40 bits per heavy atom. The Morgan fingerprint density at radius 3 is 2.60 bits per heavy atom. The van der Waals surface area contributed by atoms with Crippen molar-refractivity contribution in [3.05, 3.63) is 11.3 Å². The molecule has 1 rings (SSSR count). The molecule has 0 aliphatic carbocycles. The fourth-order valence-electron chi connectivity index (χ4n) is 1.79. The molecule has 0 saturated carbocycles. The van der Waals surface area contributed by atoms with Crippen molar-refractivity contribution in [1.82, 2.24) is 9.78 Å². The SMILES string of the molecule is CCc1nn(CC)c(OC)c1CCCN. The minimum absolute atomic E-state index is 0.712. The molecule has 0 saturated heterocycles. The van der Waals surface area contributed by atoms with E-state index in [0.29, 0.717) is 6.54 Å². The number of methoxy groups -OCH3 is 1. The predicted molar refractivity (Wildman–Crippen MR) is 61.2 cm³/mol. The summed E-state index contributed by atoms with van der Waals surface area (Å²) in [6.45, 7) is 5.75. The molecule has 1 aromatic heterocycles. The van der Waals surface area contributed by atoms with E-state index >= 15 is 0 Å². The highest BCUT2D eigenvalue weighted by molar-refractivity contribution is 5.32. The monoisotopic (exact) mass is 211 g/mol. The first-order valence-corrected chi connectivity index (χ1v) is 5.61. The van der Waals surface area contributed by atoms with E-state index in [9.17, 15) is 0 Å². The minimum atomic E-state index is 0.712. The Balaban J connectivity index is 3.01. The molecule has 0 unspecified atom stereocenters. The topological polar surface area (TPSA) is 53.1 Å². The lowest BCUT2D eigenvalue weighted by Crippen LogP contribution is -2.03. The molecule has 0 bridgehead atoms. The molecular weight excluding hydrogens is 190 g/mol. The van der Waals surface area contributed by atoms with Crippen LogP contribution in [0.15, 0.2) is 0 Å². The lowest BCUT2D eigenvalue weighted by molar-refractivity contribution is 0.359. The van der Waals surface area contributed by atoms with Gasteiger partial charge >= 0.3 is 0 Å². The van der Waals surface area contributed by atoms with Gasteiger partial charge in [0.05, 0.1) is 12.8 Å². The van der Waals surface area contributed by atoms with Crippen molar-refractivity contribution in [1.29, 1.82) is 0 Å². The quantitative estimate of drug-likeness (QED) is 0.773. The van der Waals surface area contributed by atoms with Crippen LogP contribution in [0.25, 0.3) is 0 Å². The summed E-state index contributed by atoms with van der Waals surface area (Å²) in [5, 5.41) is 4.52. The fourth-order valence-corrected chi connectivity index (χ4v) is 1.79. The highest BCUT2D eigenvalue weighted by Crippen LogP contribution is 2.24. The van der Waals surface area contributed by atoms with Crippen LogP contribution < -0.4 is 10.5 Å². The van der Waals surface area contributed by atoms with Gasteiger partial charge in [0.15, 0.2) is 0 Å². The number of rotatable bonds is 6. The molecule has 0 aliphatic rings. The maximum atomic E-state index is 5.53. The van der Waals surface area contributed by atoms with E-state index in [2.05, 4.69) is 18.9 Å². The Morgan fingerprint density at radius 2 is 2.13 bits per heavy atom. The summed E-state index contributed by atoms with van der Waals surface area (Å²) in [5.74, 6) is 0.905. The summed E-state index contributed by atoms with van der Waals surface area (Å²) in [6.07, 6.45) is 2.89. The van der Waals surface area contributed by atoms with Crippen LogP contribution >= 0.6 is 0 Å². The first-order valence-electron chi connectivity index (χ1n) is 5.61. The second kappa shape index (κ2) is 5.75. The van der Waals surface area contributed by atoms with E-state index in [-0.39, 0.29) is 0 Å². The molecule has 86 valence electrons. The standard InChI is InChI=1S/C11H21N3O/c1-4-10-9(7-6-8-12)11(15-3)14(5-2)13-10/h4-8,12H2,1-3H3. The summed E-state index contributed by atoms with van der Waals surface area (Å²) in [5.41, 5.74) is 7.90. The molecule has 0 fully saturated rings. The minimum Gasteiger partial charge on any atom is -0.481 e. The normalized spacial score (nSPS) is 10.7. The van der Waals surface area contributed by atoms with E-state index in [4.69, 9.17) is 10.5 Å². The molecule has 1 aromatic rings. The highest BCUT2D eigenvalue weighted by Gasteiger charge is 2.15. The summed E-state index contributed by atoms with van der Waals surface area (Å²) >= 11 is 0. The molecule has 0 aromatic carbocycles. The summed E-state index contributed by atoms with van der Waals surface area (Å²) in [4.78, 5) is 0. The number of hydrogen-bond donors (Lipinski definition) is 1. The number of ether oxygens (including phenoxy) is 1. The highest BCUT2D eigenvalue weighted by atomic mass is 16.5. The van der Waals surface area contributed by atoms with Crippen LogP contribution in [0.4, 0.5) is 0 Å². The molecule has 4 nitrogen and oxygen atoms in total. The van der Waals surface area contributed by atoms with Gasteiger partial charge in [-0.25, -0.2) is 4.68 Å². The zero-order valence-corrected chi connectivity index (χ0v) is 9.92. The molecule has 15 heavy (non-hydrogen) atoms. The Hall–Kier alpha value is -1.03. The van der Waals surface area contributed by atoms with Gasteiger partial charge in [0, 0.05) is 12.1 Å². The van der Waals surface area contributed by atoms with E-state index in [1.54, 1.807) is 7.11 Å². The van der Waals surface area contributed by atoms with E-state index in [1.165, 1.54) is 5.56 Å². The Labute approximate surface area is 91.4 Å². The van der Waals surface area contributed by atoms with Crippen LogP contribution in [-0.4, -0.2) is 23.4 Å². The van der Waals surface area contributed by atoms with Gasteiger partial charge in [0.1, 0.15) is 0 Å². The molecule has 0 radical (unpaired) electrons. The number of aryl methyl sites for hydroxylation is 2. The summed E-state index contributed by atoms with van der Waals surface area (Å²) < 4.78 is 7.33. The van der Waals surface area contributed by atoms with Crippen molar-refractivity contribution in [3.8, 4) is 5.88 Å². The zero-order valence-electron chi connectivity index (χ0n) is 9.92. The molecule has 2 N–H and O–H groups in total. The van der Waals surface area contributed by atoms with Gasteiger partial charge in [0.25, 0.3) is 0 Å². The van der Waals surface area contributed by atoms with E-state index < -0.39 is 0 Å². The summed E-state index contributed by atoms with van der Waals surface area (Å²) in [6, 6.07) is 0. The Bertz CT molecular complexity index is 307. The van der Waals surface area contributed by atoms with E-state index in [1.807, 2.05) is 4.68 Å². The van der Waals surface area contributed by atoms with Gasteiger partial charge < -0.3 is 10.5 Å². The fraction of sp³-hybridized carbons (Fsp3) is 0.727. The van der Waals surface area contributed by atoms with E-state index in [0.717, 1.165) is 37.4 Å². The second-order valence-corrected chi connectivity index (χ2v) is 3.50. The largest absolute Gasteiger partial charge is 0.481 e. The molecule has 4 heteroatoms. The number of hydrogen-bond acceptors (Lipinski definition) is 3. The molecule has 0 amide bonds. The zero-order chi connectivity index (χ0) is 11.3. The van der Waals surface area contributed by atoms with Crippen LogP contribution in [0.1, 0.15) is 31.5 Å². The third kappa shape index (κ3) is 2.50. The number of nitrogens with two attached hydrogens (primary N) is 1. The maximum Gasteiger partial charge on any atom is 0.215 e. The lowest BCUT2D eigenvalue weighted by Gasteiger charge is -2.05. The first kappa shape index (κ1) is 12.0. The van der Waals surface area contributed by atoms with Gasteiger partial charge in [0.2, 0.25) is 5.88 Å². The molecule has 1 heterocycles. The first-order chi connectivity index (χ1) is 7.28. The average Bonchev–Trinajstić information content (AvgIpc) is 2.62. The third-order valence-electron chi connectivity index (χ3n) is 2.54.